The molecule has 0 amide bonds. The van der Waals surface area contributed by atoms with Crippen molar-refractivity contribution in [1.82, 2.24) is 0 Å². The summed E-state index contributed by atoms with van der Waals surface area (Å²) >= 11 is 0. The maximum atomic E-state index is 2.34. The van der Waals surface area contributed by atoms with Crippen molar-refractivity contribution in [2.45, 2.75) is 0 Å². The highest BCUT2D eigenvalue weighted by atomic mass is 14.1. The highest BCUT2D eigenvalue weighted by molar-refractivity contribution is 6.14. The Morgan fingerprint density at radius 1 is 0.225 bits per heavy atom. The number of hydrogen-bond acceptors (Lipinski definition) is 0. The molecule has 0 aliphatic carbocycles. The summed E-state index contributed by atoms with van der Waals surface area (Å²) in [6, 6.07) is 57.6. The van der Waals surface area contributed by atoms with Crippen LogP contribution in [0.4, 0.5) is 0 Å². The molecular weight excluding hydrogens is 480 g/mol. The quantitative estimate of drug-likeness (QED) is 0.209. The number of hydrogen-bond donors (Lipinski definition) is 0. The Bertz CT molecular complexity index is 2220. The molecule has 8 aromatic rings. The topological polar surface area (TPSA) is 0 Å². The lowest BCUT2D eigenvalue weighted by Crippen LogP contribution is -1.86. The van der Waals surface area contributed by atoms with Gasteiger partial charge in [-0.25, -0.2) is 0 Å². The van der Waals surface area contributed by atoms with Crippen molar-refractivity contribution in [2.24, 2.45) is 0 Å². The maximum absolute atomic E-state index is 2.34. The van der Waals surface area contributed by atoms with Crippen LogP contribution >= 0.6 is 0 Å². The third-order valence-corrected chi connectivity index (χ3v) is 8.20. The van der Waals surface area contributed by atoms with Gasteiger partial charge in [-0.15, -0.1) is 0 Å². The summed E-state index contributed by atoms with van der Waals surface area (Å²) in [7, 11) is 0. The maximum Gasteiger partial charge on any atom is -0.00988 e. The molecule has 0 atom stereocenters. The monoisotopic (exact) mass is 506 g/mol. The Kier molecular flexibility index (Phi) is 5.24. The summed E-state index contributed by atoms with van der Waals surface area (Å²) in [6.45, 7) is 0. The molecule has 0 saturated heterocycles. The molecule has 40 heavy (non-hydrogen) atoms. The van der Waals surface area contributed by atoms with E-state index in [1.807, 2.05) is 0 Å². The number of rotatable bonds is 3. The zero-order valence-electron chi connectivity index (χ0n) is 22.0. The van der Waals surface area contributed by atoms with Gasteiger partial charge >= 0.3 is 0 Å². The molecule has 0 aliphatic rings. The zero-order valence-corrected chi connectivity index (χ0v) is 22.0. The van der Waals surface area contributed by atoms with Crippen LogP contribution in [0.2, 0.25) is 0 Å². The van der Waals surface area contributed by atoms with Crippen LogP contribution in [0.25, 0.3) is 76.5 Å². The van der Waals surface area contributed by atoms with Gasteiger partial charge in [0.25, 0.3) is 0 Å². The Morgan fingerprint density at radius 2 is 0.700 bits per heavy atom. The lowest BCUT2D eigenvalue weighted by atomic mass is 9.91. The van der Waals surface area contributed by atoms with Crippen molar-refractivity contribution in [2.75, 3.05) is 0 Å². The summed E-state index contributed by atoms with van der Waals surface area (Å²) in [4.78, 5) is 0. The highest BCUT2D eigenvalue weighted by Gasteiger charge is 2.10. The van der Waals surface area contributed by atoms with Crippen LogP contribution in [0, 0.1) is 0 Å². The van der Waals surface area contributed by atoms with E-state index in [-0.39, 0.29) is 0 Å². The van der Waals surface area contributed by atoms with Crippen LogP contribution in [0.15, 0.2) is 158 Å². The van der Waals surface area contributed by atoms with Crippen LogP contribution in [-0.4, -0.2) is 0 Å². The van der Waals surface area contributed by atoms with Gasteiger partial charge in [0.15, 0.2) is 0 Å². The van der Waals surface area contributed by atoms with Gasteiger partial charge < -0.3 is 0 Å². The van der Waals surface area contributed by atoms with E-state index in [2.05, 4.69) is 158 Å². The minimum absolute atomic E-state index is 1.23. The van der Waals surface area contributed by atoms with E-state index >= 15 is 0 Å². The summed E-state index contributed by atoms with van der Waals surface area (Å²) in [5, 5.41) is 10.2. The number of fused-ring (bicyclic) bond motifs is 5. The summed E-state index contributed by atoms with van der Waals surface area (Å²) in [6.07, 6.45) is 0. The van der Waals surface area contributed by atoms with Crippen molar-refractivity contribution in [1.29, 1.82) is 0 Å². The van der Waals surface area contributed by atoms with E-state index in [1.54, 1.807) is 0 Å². The Hall–Kier alpha value is -5.20. The van der Waals surface area contributed by atoms with Gasteiger partial charge in [0.05, 0.1) is 0 Å². The van der Waals surface area contributed by atoms with Crippen molar-refractivity contribution in [3.63, 3.8) is 0 Å². The summed E-state index contributed by atoms with van der Waals surface area (Å²) < 4.78 is 0. The molecule has 0 aromatic heterocycles. The normalized spacial score (nSPS) is 11.5. The van der Waals surface area contributed by atoms with Gasteiger partial charge in [0.1, 0.15) is 0 Å². The third kappa shape index (κ3) is 3.85. The molecule has 0 bridgehead atoms. The van der Waals surface area contributed by atoms with E-state index in [9.17, 15) is 0 Å². The Morgan fingerprint density at radius 3 is 1.43 bits per heavy atom. The van der Waals surface area contributed by atoms with Crippen molar-refractivity contribution in [3.05, 3.63) is 158 Å². The molecule has 186 valence electrons. The van der Waals surface area contributed by atoms with E-state index in [4.69, 9.17) is 0 Å². The largest absolute Gasteiger partial charge is 0.0616 e. The van der Waals surface area contributed by atoms with Crippen LogP contribution in [0.3, 0.4) is 0 Å². The minimum atomic E-state index is 1.23. The van der Waals surface area contributed by atoms with Gasteiger partial charge in [0, 0.05) is 0 Å². The molecule has 0 heteroatoms. The van der Waals surface area contributed by atoms with Crippen molar-refractivity contribution in [3.8, 4) is 33.4 Å². The van der Waals surface area contributed by atoms with Crippen LogP contribution in [0.5, 0.6) is 0 Å². The predicted molar refractivity (Wildman–Crippen MR) is 173 cm³/mol. The minimum Gasteiger partial charge on any atom is -0.0616 e. The second-order valence-corrected chi connectivity index (χ2v) is 10.6. The first-order valence-electron chi connectivity index (χ1n) is 13.8. The lowest BCUT2D eigenvalue weighted by molar-refractivity contribution is 1.61. The van der Waals surface area contributed by atoms with Gasteiger partial charge in [-0.05, 0) is 107 Å². The Balaban J connectivity index is 1.19. The average Bonchev–Trinajstić information content (AvgIpc) is 3.03. The van der Waals surface area contributed by atoms with Crippen LogP contribution in [-0.2, 0) is 0 Å². The molecule has 8 aromatic carbocycles. The smallest absolute Gasteiger partial charge is 0.00988 e. The van der Waals surface area contributed by atoms with E-state index in [1.165, 1.54) is 76.5 Å². The van der Waals surface area contributed by atoms with E-state index < -0.39 is 0 Å². The molecule has 0 spiro atoms. The summed E-state index contributed by atoms with van der Waals surface area (Å²) in [5.74, 6) is 0. The second kappa shape index (κ2) is 9.22. The molecule has 0 unspecified atom stereocenters. The fourth-order valence-corrected chi connectivity index (χ4v) is 6.13. The molecule has 0 saturated carbocycles. The first-order chi connectivity index (χ1) is 19.8. The molecule has 0 heterocycles. The van der Waals surface area contributed by atoms with Crippen molar-refractivity contribution >= 4 is 43.1 Å². The number of benzene rings is 8. The van der Waals surface area contributed by atoms with Crippen molar-refractivity contribution < 1.29 is 0 Å². The fourth-order valence-electron chi connectivity index (χ4n) is 6.13. The highest BCUT2D eigenvalue weighted by Crippen LogP contribution is 2.37. The Labute approximate surface area is 233 Å². The molecule has 8 rings (SSSR count). The molecule has 0 fully saturated rings. The van der Waals surface area contributed by atoms with Crippen LogP contribution < -0.4 is 0 Å². The molecule has 0 aliphatic heterocycles. The first-order valence-corrected chi connectivity index (χ1v) is 13.8. The molecule has 0 N–H and O–H groups in total. The molecule has 0 radical (unpaired) electrons. The zero-order chi connectivity index (χ0) is 26.5. The second-order valence-electron chi connectivity index (χ2n) is 10.6. The SMILES string of the molecule is c1cc(-c2ccc3ccccc3c2)cc(-c2ccc3cc(-c4cc5ccccc5c5ccccc45)ccc3c2)c1. The van der Waals surface area contributed by atoms with E-state index in [0.717, 1.165) is 0 Å². The lowest BCUT2D eigenvalue weighted by Gasteiger charge is -2.12. The van der Waals surface area contributed by atoms with Gasteiger partial charge in [-0.1, -0.05) is 127 Å². The predicted octanol–water partition coefficient (Wildman–Crippen LogP) is 11.3. The third-order valence-electron chi connectivity index (χ3n) is 8.20. The van der Waals surface area contributed by atoms with Gasteiger partial charge in [0.2, 0.25) is 0 Å². The standard InChI is InChI=1S/C40H26/c1-2-9-28-22-31(17-16-27(28)8-1)29-11-7-12-30(23-29)32-18-19-34-25-36(21-20-33(34)24-32)40-26-35-10-3-4-13-37(35)38-14-5-6-15-39(38)40/h1-26H. The fraction of sp³-hybridized carbons (Fsp3) is 0. The average molecular weight is 507 g/mol. The molecule has 0 nitrogen and oxygen atoms in total. The van der Waals surface area contributed by atoms with Crippen LogP contribution in [0.1, 0.15) is 0 Å². The van der Waals surface area contributed by atoms with Gasteiger partial charge in [-0.2, -0.15) is 0 Å². The van der Waals surface area contributed by atoms with E-state index in [0.29, 0.717) is 0 Å². The summed E-state index contributed by atoms with van der Waals surface area (Å²) in [5.41, 5.74) is 7.48. The molecular formula is C40H26. The first kappa shape index (κ1) is 22.8. The van der Waals surface area contributed by atoms with Gasteiger partial charge in [-0.3, -0.25) is 0 Å².